The van der Waals surface area contributed by atoms with E-state index < -0.39 is 6.61 Å². The monoisotopic (exact) mass is 273 g/mol. The highest BCUT2D eigenvalue weighted by Gasteiger charge is 2.10. The summed E-state index contributed by atoms with van der Waals surface area (Å²) in [6.45, 7) is -2.41. The summed E-state index contributed by atoms with van der Waals surface area (Å²) >= 11 is 0. The maximum absolute atomic E-state index is 12.3. The van der Waals surface area contributed by atoms with E-state index in [0.717, 1.165) is 10.8 Å². The third kappa shape index (κ3) is 3.31. The fourth-order valence-electron chi connectivity index (χ4n) is 1.82. The third-order valence-electron chi connectivity index (χ3n) is 2.56. The lowest BCUT2D eigenvalue weighted by atomic mass is 10.0. The molecule has 0 radical (unpaired) electrons. The highest BCUT2D eigenvalue weighted by molar-refractivity contribution is 5.85. The second kappa shape index (κ2) is 6.52. The zero-order chi connectivity index (χ0) is 12.3. The maximum atomic E-state index is 12.3. The van der Waals surface area contributed by atoms with Gasteiger partial charge in [0, 0.05) is 0 Å². The van der Waals surface area contributed by atoms with Gasteiger partial charge in [-0.1, -0.05) is 24.3 Å². The van der Waals surface area contributed by atoms with Crippen molar-refractivity contribution in [3.05, 3.63) is 42.0 Å². The van der Waals surface area contributed by atoms with Gasteiger partial charge >= 0.3 is 6.61 Å². The number of fused-ring (bicyclic) bond motifs is 1. The maximum Gasteiger partial charge on any atom is 0.387 e. The molecule has 0 heterocycles. The average Bonchev–Trinajstić information content (AvgIpc) is 2.29. The normalized spacial score (nSPS) is 10.4. The number of ether oxygens (including phenoxy) is 1. The molecule has 5 heteroatoms. The Morgan fingerprint density at radius 2 is 1.72 bits per heavy atom. The van der Waals surface area contributed by atoms with Crippen LogP contribution in [-0.2, 0) is 6.42 Å². The first-order valence-corrected chi connectivity index (χ1v) is 5.37. The van der Waals surface area contributed by atoms with Crippen molar-refractivity contribution in [3.8, 4) is 5.75 Å². The van der Waals surface area contributed by atoms with Gasteiger partial charge in [-0.15, -0.1) is 12.4 Å². The highest BCUT2D eigenvalue weighted by atomic mass is 35.5. The van der Waals surface area contributed by atoms with Crippen molar-refractivity contribution in [3.63, 3.8) is 0 Å². The predicted octanol–water partition coefficient (Wildman–Crippen LogP) is 3.36. The second-order valence-electron chi connectivity index (χ2n) is 3.72. The summed E-state index contributed by atoms with van der Waals surface area (Å²) in [6, 6.07) is 11.0. The number of hydrogen-bond acceptors (Lipinski definition) is 2. The molecule has 2 aromatic rings. The number of rotatable bonds is 4. The van der Waals surface area contributed by atoms with Crippen LogP contribution >= 0.6 is 12.4 Å². The molecule has 98 valence electrons. The third-order valence-corrected chi connectivity index (χ3v) is 2.56. The quantitative estimate of drug-likeness (QED) is 0.927. The molecule has 0 spiro atoms. The standard InChI is InChI=1S/C13H13F2NO.ClH/c14-13(15)17-12-8-10-4-2-1-3-9(10)7-11(12)5-6-16;/h1-4,7-8,13H,5-6,16H2;1H. The number of alkyl halides is 2. The van der Waals surface area contributed by atoms with Crippen molar-refractivity contribution in [2.75, 3.05) is 6.54 Å². The summed E-state index contributed by atoms with van der Waals surface area (Å²) in [4.78, 5) is 0. The molecule has 0 aliphatic rings. The van der Waals surface area contributed by atoms with Crippen LogP contribution in [0.5, 0.6) is 5.75 Å². The van der Waals surface area contributed by atoms with Crippen LogP contribution in [0.1, 0.15) is 5.56 Å². The van der Waals surface area contributed by atoms with E-state index in [4.69, 9.17) is 5.73 Å². The molecule has 0 saturated carbocycles. The summed E-state index contributed by atoms with van der Waals surface area (Å²) in [5.74, 6) is 0.212. The molecule has 0 aliphatic heterocycles. The zero-order valence-electron chi connectivity index (χ0n) is 9.61. The Morgan fingerprint density at radius 1 is 1.11 bits per heavy atom. The summed E-state index contributed by atoms with van der Waals surface area (Å²) in [6.07, 6.45) is 0.521. The molecule has 0 bridgehead atoms. The van der Waals surface area contributed by atoms with Crippen molar-refractivity contribution in [1.82, 2.24) is 0 Å². The van der Waals surface area contributed by atoms with Crippen LogP contribution in [0.2, 0.25) is 0 Å². The topological polar surface area (TPSA) is 35.2 Å². The van der Waals surface area contributed by atoms with Crippen LogP contribution in [0.15, 0.2) is 36.4 Å². The number of hydrogen-bond donors (Lipinski definition) is 1. The summed E-state index contributed by atoms with van der Waals surface area (Å²) in [7, 11) is 0. The van der Waals surface area contributed by atoms with Gasteiger partial charge in [0.25, 0.3) is 0 Å². The Labute approximate surface area is 110 Å². The number of nitrogens with two attached hydrogens (primary N) is 1. The molecule has 18 heavy (non-hydrogen) atoms. The number of benzene rings is 2. The predicted molar refractivity (Wildman–Crippen MR) is 70.6 cm³/mol. The van der Waals surface area contributed by atoms with E-state index >= 15 is 0 Å². The lowest BCUT2D eigenvalue weighted by molar-refractivity contribution is -0.0503. The largest absolute Gasteiger partial charge is 0.435 e. The minimum absolute atomic E-state index is 0. The van der Waals surface area contributed by atoms with Gasteiger partial charge in [0.05, 0.1) is 0 Å². The minimum atomic E-state index is -2.81. The first-order valence-electron chi connectivity index (χ1n) is 5.37. The fourth-order valence-corrected chi connectivity index (χ4v) is 1.82. The zero-order valence-corrected chi connectivity index (χ0v) is 10.4. The van der Waals surface area contributed by atoms with Gasteiger partial charge in [0.15, 0.2) is 0 Å². The molecule has 0 atom stereocenters. The molecule has 0 aromatic heterocycles. The van der Waals surface area contributed by atoms with Gasteiger partial charge in [-0.05, 0) is 41.4 Å². The molecule has 0 fully saturated rings. The first-order chi connectivity index (χ1) is 8.20. The highest BCUT2D eigenvalue weighted by Crippen LogP contribution is 2.27. The van der Waals surface area contributed by atoms with Gasteiger partial charge in [0.1, 0.15) is 5.75 Å². The van der Waals surface area contributed by atoms with Gasteiger partial charge in [0.2, 0.25) is 0 Å². The SMILES string of the molecule is Cl.NCCc1cc2ccccc2cc1OC(F)F. The number of halogens is 3. The van der Waals surface area contributed by atoms with E-state index in [0.29, 0.717) is 18.5 Å². The summed E-state index contributed by atoms with van der Waals surface area (Å²) in [5.41, 5.74) is 6.18. The smallest absolute Gasteiger partial charge is 0.387 e. The van der Waals surface area contributed by atoms with Crippen molar-refractivity contribution in [2.45, 2.75) is 13.0 Å². The molecule has 2 aromatic carbocycles. The lowest BCUT2D eigenvalue weighted by Crippen LogP contribution is -2.08. The van der Waals surface area contributed by atoms with E-state index in [2.05, 4.69) is 4.74 Å². The molecular formula is C13H14ClF2NO. The molecule has 2 N–H and O–H groups in total. The molecule has 0 saturated heterocycles. The van der Waals surface area contributed by atoms with Crippen LogP contribution in [0.25, 0.3) is 10.8 Å². The minimum Gasteiger partial charge on any atom is -0.435 e. The van der Waals surface area contributed by atoms with Crippen LogP contribution in [0, 0.1) is 0 Å². The van der Waals surface area contributed by atoms with Crippen LogP contribution in [-0.4, -0.2) is 13.2 Å². The van der Waals surface area contributed by atoms with Gasteiger partial charge in [-0.25, -0.2) is 0 Å². The molecule has 0 amide bonds. The van der Waals surface area contributed by atoms with Gasteiger partial charge < -0.3 is 10.5 Å². The second-order valence-corrected chi connectivity index (χ2v) is 3.72. The van der Waals surface area contributed by atoms with E-state index in [-0.39, 0.29) is 18.2 Å². The van der Waals surface area contributed by atoms with Crippen molar-refractivity contribution in [2.24, 2.45) is 5.73 Å². The van der Waals surface area contributed by atoms with Crippen LogP contribution < -0.4 is 10.5 Å². The van der Waals surface area contributed by atoms with E-state index in [1.165, 1.54) is 0 Å². The van der Waals surface area contributed by atoms with E-state index in [9.17, 15) is 8.78 Å². The molecule has 0 unspecified atom stereocenters. The summed E-state index contributed by atoms with van der Waals surface area (Å²) in [5, 5.41) is 1.88. The Kier molecular flexibility index (Phi) is 5.31. The fraction of sp³-hybridized carbons (Fsp3) is 0.231. The Bertz CT molecular complexity index is 519. The van der Waals surface area contributed by atoms with Crippen LogP contribution in [0.4, 0.5) is 8.78 Å². The first kappa shape index (κ1) is 14.7. The van der Waals surface area contributed by atoms with E-state index in [1.807, 2.05) is 30.3 Å². The van der Waals surface area contributed by atoms with Crippen molar-refractivity contribution in [1.29, 1.82) is 0 Å². The van der Waals surface area contributed by atoms with Crippen LogP contribution in [0.3, 0.4) is 0 Å². The lowest BCUT2D eigenvalue weighted by Gasteiger charge is -2.11. The van der Waals surface area contributed by atoms with Gasteiger partial charge in [-0.2, -0.15) is 8.78 Å². The molecule has 2 nitrogen and oxygen atoms in total. The Hall–Kier alpha value is -1.39. The Morgan fingerprint density at radius 3 is 2.28 bits per heavy atom. The van der Waals surface area contributed by atoms with Gasteiger partial charge in [-0.3, -0.25) is 0 Å². The van der Waals surface area contributed by atoms with Crippen molar-refractivity contribution >= 4 is 23.2 Å². The Balaban J connectivity index is 0.00000162. The molecule has 0 aliphatic carbocycles. The average molecular weight is 274 g/mol. The summed E-state index contributed by atoms with van der Waals surface area (Å²) < 4.78 is 29.1. The molecule has 2 rings (SSSR count). The van der Waals surface area contributed by atoms with E-state index in [1.54, 1.807) is 6.07 Å². The molecular weight excluding hydrogens is 260 g/mol. The van der Waals surface area contributed by atoms with Crippen molar-refractivity contribution < 1.29 is 13.5 Å².